The number of nitrogens with zero attached hydrogens (tertiary/aromatic N) is 3. The summed E-state index contributed by atoms with van der Waals surface area (Å²) < 4.78 is 4.81. The highest BCUT2D eigenvalue weighted by molar-refractivity contribution is 6.25. The molecular formula is C57H35N3. The van der Waals surface area contributed by atoms with E-state index in [2.05, 4.69) is 221 Å². The van der Waals surface area contributed by atoms with Gasteiger partial charge in [0.2, 0.25) is 0 Å². The number of fused-ring (bicyclic) bond motifs is 12. The highest BCUT2D eigenvalue weighted by Gasteiger charge is 2.23. The fourth-order valence-electron chi connectivity index (χ4n) is 10.1. The van der Waals surface area contributed by atoms with Crippen LogP contribution in [0, 0.1) is 0 Å². The molecule has 0 aliphatic carbocycles. The number of hydrogen-bond donors (Lipinski definition) is 0. The lowest BCUT2D eigenvalue weighted by Crippen LogP contribution is -2.01. The SMILES string of the molecule is c1ccc2c(-c3ccc(-n4c(-c5ccc(-n6c7ccccc7c7ccccc76)cc5)nc5c6ccccc6c6ccccc6c54)c4ccccc34)c3ccccc3cc2c1. The average molecular weight is 762 g/mol. The van der Waals surface area contributed by atoms with Gasteiger partial charge in [0.1, 0.15) is 5.82 Å². The number of aromatic nitrogens is 3. The Hall–Kier alpha value is -8.01. The van der Waals surface area contributed by atoms with Gasteiger partial charge in [-0.3, -0.25) is 4.57 Å². The van der Waals surface area contributed by atoms with Gasteiger partial charge in [0.25, 0.3) is 0 Å². The van der Waals surface area contributed by atoms with E-state index >= 15 is 0 Å². The van der Waals surface area contributed by atoms with Gasteiger partial charge in [0.05, 0.1) is 27.8 Å². The molecule has 13 aromatic rings. The van der Waals surface area contributed by atoms with Crippen LogP contribution >= 0.6 is 0 Å². The molecular weight excluding hydrogens is 727 g/mol. The van der Waals surface area contributed by atoms with E-state index in [0.29, 0.717) is 0 Å². The summed E-state index contributed by atoms with van der Waals surface area (Å²) in [5.74, 6) is 0.911. The van der Waals surface area contributed by atoms with Crippen molar-refractivity contribution in [1.29, 1.82) is 0 Å². The molecule has 2 heterocycles. The van der Waals surface area contributed by atoms with E-state index in [-0.39, 0.29) is 0 Å². The Morgan fingerprint density at radius 1 is 0.333 bits per heavy atom. The lowest BCUT2D eigenvalue weighted by atomic mass is 9.89. The van der Waals surface area contributed by atoms with Gasteiger partial charge in [0, 0.05) is 38.2 Å². The first kappa shape index (κ1) is 33.0. The average Bonchev–Trinajstić information content (AvgIpc) is 3.88. The predicted octanol–water partition coefficient (Wildman–Crippen LogP) is 15.2. The van der Waals surface area contributed by atoms with Crippen LogP contribution in [0.2, 0.25) is 0 Å². The third-order valence-corrected chi connectivity index (χ3v) is 12.7. The predicted molar refractivity (Wildman–Crippen MR) is 254 cm³/mol. The molecule has 0 fully saturated rings. The van der Waals surface area contributed by atoms with Crippen LogP contribution < -0.4 is 0 Å². The molecule has 0 atom stereocenters. The maximum Gasteiger partial charge on any atom is 0.145 e. The minimum absolute atomic E-state index is 0.911. The number of hydrogen-bond acceptors (Lipinski definition) is 1. The molecule has 2 aromatic heterocycles. The van der Waals surface area contributed by atoms with Crippen LogP contribution in [0.25, 0.3) is 121 Å². The molecule has 0 saturated carbocycles. The molecule has 0 saturated heterocycles. The van der Waals surface area contributed by atoms with Crippen molar-refractivity contribution in [2.24, 2.45) is 0 Å². The van der Waals surface area contributed by atoms with Crippen LogP contribution in [0.15, 0.2) is 212 Å². The highest BCUT2D eigenvalue weighted by Crippen LogP contribution is 2.44. The van der Waals surface area contributed by atoms with E-state index < -0.39 is 0 Å². The molecule has 278 valence electrons. The Bertz CT molecular complexity index is 3780. The zero-order chi connectivity index (χ0) is 39.3. The third kappa shape index (κ3) is 4.69. The zero-order valence-corrected chi connectivity index (χ0v) is 32.5. The van der Waals surface area contributed by atoms with E-state index in [0.717, 1.165) is 39.2 Å². The van der Waals surface area contributed by atoms with E-state index in [4.69, 9.17) is 4.98 Å². The normalized spacial score (nSPS) is 12.0. The molecule has 13 rings (SSSR count). The van der Waals surface area contributed by atoms with Gasteiger partial charge in [-0.2, -0.15) is 0 Å². The second kappa shape index (κ2) is 12.7. The summed E-state index contributed by atoms with van der Waals surface area (Å²) in [7, 11) is 0. The second-order valence-corrected chi connectivity index (χ2v) is 15.8. The first-order valence-corrected chi connectivity index (χ1v) is 20.6. The third-order valence-electron chi connectivity index (χ3n) is 12.7. The molecule has 0 aliphatic heterocycles. The number of benzene rings is 11. The summed E-state index contributed by atoms with van der Waals surface area (Å²) >= 11 is 0. The van der Waals surface area contributed by atoms with Gasteiger partial charge in [-0.15, -0.1) is 0 Å². The van der Waals surface area contributed by atoms with Crippen LogP contribution in [0.4, 0.5) is 0 Å². The highest BCUT2D eigenvalue weighted by atomic mass is 15.1. The summed E-state index contributed by atoms with van der Waals surface area (Å²) in [6, 6.07) is 77.4. The van der Waals surface area contributed by atoms with Gasteiger partial charge in [-0.25, -0.2) is 4.98 Å². The van der Waals surface area contributed by atoms with Crippen molar-refractivity contribution < 1.29 is 0 Å². The first-order chi connectivity index (χ1) is 29.8. The fraction of sp³-hybridized carbons (Fsp3) is 0. The van der Waals surface area contributed by atoms with Crippen LogP contribution in [-0.4, -0.2) is 14.1 Å². The van der Waals surface area contributed by atoms with Crippen molar-refractivity contribution in [3.05, 3.63) is 212 Å². The van der Waals surface area contributed by atoms with Crippen molar-refractivity contribution in [2.45, 2.75) is 0 Å². The first-order valence-electron chi connectivity index (χ1n) is 20.6. The van der Waals surface area contributed by atoms with Crippen molar-refractivity contribution in [3.8, 4) is 33.9 Å². The molecule has 0 N–H and O–H groups in total. The Kier molecular flexibility index (Phi) is 7.01. The lowest BCUT2D eigenvalue weighted by molar-refractivity contribution is 1.12. The number of imidazole rings is 1. The number of para-hydroxylation sites is 2. The van der Waals surface area contributed by atoms with Gasteiger partial charge in [0.15, 0.2) is 0 Å². The Balaban J connectivity index is 1.11. The Morgan fingerprint density at radius 3 is 1.45 bits per heavy atom. The van der Waals surface area contributed by atoms with Crippen LogP contribution in [-0.2, 0) is 0 Å². The van der Waals surface area contributed by atoms with E-state index in [9.17, 15) is 0 Å². The summed E-state index contributed by atoms with van der Waals surface area (Å²) in [4.78, 5) is 5.66. The molecule has 0 amide bonds. The van der Waals surface area contributed by atoms with Gasteiger partial charge >= 0.3 is 0 Å². The lowest BCUT2D eigenvalue weighted by Gasteiger charge is -2.19. The van der Waals surface area contributed by atoms with Crippen LogP contribution in [0.3, 0.4) is 0 Å². The zero-order valence-electron chi connectivity index (χ0n) is 32.5. The van der Waals surface area contributed by atoms with Crippen molar-refractivity contribution in [2.75, 3.05) is 0 Å². The van der Waals surface area contributed by atoms with E-state index in [1.165, 1.54) is 81.4 Å². The monoisotopic (exact) mass is 761 g/mol. The molecule has 0 aliphatic rings. The molecule has 0 unspecified atom stereocenters. The topological polar surface area (TPSA) is 22.8 Å². The number of rotatable bonds is 4. The maximum absolute atomic E-state index is 5.66. The minimum Gasteiger partial charge on any atom is -0.309 e. The van der Waals surface area contributed by atoms with E-state index in [1.807, 2.05) is 0 Å². The largest absolute Gasteiger partial charge is 0.309 e. The molecule has 60 heavy (non-hydrogen) atoms. The smallest absolute Gasteiger partial charge is 0.145 e. The van der Waals surface area contributed by atoms with Crippen molar-refractivity contribution >= 4 is 86.7 Å². The summed E-state index contributed by atoms with van der Waals surface area (Å²) in [5, 5.41) is 14.6. The van der Waals surface area contributed by atoms with Crippen molar-refractivity contribution in [3.63, 3.8) is 0 Å². The van der Waals surface area contributed by atoms with E-state index in [1.54, 1.807) is 0 Å². The van der Waals surface area contributed by atoms with Gasteiger partial charge in [-0.05, 0) is 97.4 Å². The molecule has 3 nitrogen and oxygen atoms in total. The minimum atomic E-state index is 0.911. The maximum atomic E-state index is 5.66. The fourth-order valence-corrected chi connectivity index (χ4v) is 10.1. The molecule has 3 heteroatoms. The van der Waals surface area contributed by atoms with Crippen molar-refractivity contribution in [1.82, 2.24) is 14.1 Å². The quantitative estimate of drug-likeness (QED) is 0.129. The molecule has 11 aromatic carbocycles. The summed E-state index contributed by atoms with van der Waals surface area (Å²) in [6.45, 7) is 0. The second-order valence-electron chi connectivity index (χ2n) is 15.8. The standard InChI is InChI=1S/C57H35N3/c1-3-17-40-37(15-1)35-38-16-2-4-18-41(38)54(40)48-33-34-53(45-22-8-5-21-44(45)48)60-56-50-26-10-7-20-43(50)42-19-6-9-25-49(42)55(56)58-57(60)36-29-31-39(32-30-36)59-51-27-13-11-23-46(51)47-24-12-14-28-52(47)59/h1-35H. The summed E-state index contributed by atoms with van der Waals surface area (Å²) in [6.07, 6.45) is 0. The van der Waals surface area contributed by atoms with Crippen LogP contribution in [0.5, 0.6) is 0 Å². The molecule has 0 spiro atoms. The summed E-state index contributed by atoms with van der Waals surface area (Å²) in [5.41, 5.74) is 10.3. The molecule has 0 bridgehead atoms. The Morgan fingerprint density at radius 2 is 0.817 bits per heavy atom. The van der Waals surface area contributed by atoms with Gasteiger partial charge < -0.3 is 4.57 Å². The van der Waals surface area contributed by atoms with Gasteiger partial charge in [-0.1, -0.05) is 164 Å². The van der Waals surface area contributed by atoms with Crippen LogP contribution in [0.1, 0.15) is 0 Å². The molecule has 0 radical (unpaired) electrons. The Labute approximate surface area is 345 Å².